The molecule has 33 heavy (non-hydrogen) atoms. The van der Waals surface area contributed by atoms with Crippen molar-refractivity contribution in [3.63, 3.8) is 0 Å². The summed E-state index contributed by atoms with van der Waals surface area (Å²) in [5, 5.41) is 2.88. The zero-order valence-corrected chi connectivity index (χ0v) is 19.9. The third kappa shape index (κ3) is 5.46. The molecule has 0 bridgehead atoms. The highest BCUT2D eigenvalue weighted by molar-refractivity contribution is 7.93. The van der Waals surface area contributed by atoms with Gasteiger partial charge < -0.3 is 14.8 Å². The van der Waals surface area contributed by atoms with Gasteiger partial charge in [0.05, 0.1) is 25.9 Å². The number of carbonyl (C=O) groups excluding carboxylic acids is 1. The number of methoxy groups -OCH3 is 2. The lowest BCUT2D eigenvalue weighted by molar-refractivity contribution is -0.120. The van der Waals surface area contributed by atoms with E-state index in [2.05, 4.69) is 5.32 Å². The van der Waals surface area contributed by atoms with Gasteiger partial charge in [0.2, 0.25) is 5.91 Å². The highest BCUT2D eigenvalue weighted by Crippen LogP contribution is 2.31. The maximum Gasteiger partial charge on any atom is 0.268 e. The van der Waals surface area contributed by atoms with Crippen molar-refractivity contribution >= 4 is 21.6 Å². The Morgan fingerprint density at radius 1 is 0.939 bits per heavy atom. The largest absolute Gasteiger partial charge is 0.496 e. The van der Waals surface area contributed by atoms with Gasteiger partial charge in [0.25, 0.3) is 10.0 Å². The number of benzene rings is 3. The fourth-order valence-corrected chi connectivity index (χ4v) is 5.20. The topological polar surface area (TPSA) is 84.9 Å². The number of rotatable bonds is 9. The highest BCUT2D eigenvalue weighted by Gasteiger charge is 2.30. The van der Waals surface area contributed by atoms with Crippen molar-refractivity contribution in [3.05, 3.63) is 83.9 Å². The van der Waals surface area contributed by atoms with Crippen molar-refractivity contribution in [2.24, 2.45) is 0 Å². The van der Waals surface area contributed by atoms with Crippen LogP contribution in [-0.2, 0) is 14.8 Å². The Kier molecular flexibility index (Phi) is 7.60. The SMILES string of the molecule is COc1ccccc1[C@@H](C)NC(=O)CN(c1ccccc1)S(=O)(=O)c1cc(C)ccc1OC. The van der Waals surface area contributed by atoms with Gasteiger partial charge in [-0.1, -0.05) is 42.5 Å². The molecule has 174 valence electrons. The summed E-state index contributed by atoms with van der Waals surface area (Å²) in [4.78, 5) is 13.0. The minimum Gasteiger partial charge on any atom is -0.496 e. The number of ether oxygens (including phenoxy) is 2. The van der Waals surface area contributed by atoms with Gasteiger partial charge in [0.1, 0.15) is 22.9 Å². The molecule has 0 aromatic heterocycles. The monoisotopic (exact) mass is 468 g/mol. The number of amides is 1. The fourth-order valence-electron chi connectivity index (χ4n) is 3.53. The summed E-state index contributed by atoms with van der Waals surface area (Å²) in [6.45, 7) is 3.22. The van der Waals surface area contributed by atoms with Crippen LogP contribution in [0.25, 0.3) is 0 Å². The number of nitrogens with one attached hydrogen (secondary N) is 1. The maximum atomic E-state index is 13.7. The average molecular weight is 469 g/mol. The van der Waals surface area contributed by atoms with Crippen LogP contribution in [0.2, 0.25) is 0 Å². The molecule has 0 heterocycles. The highest BCUT2D eigenvalue weighted by atomic mass is 32.2. The molecule has 0 unspecified atom stereocenters. The van der Waals surface area contributed by atoms with Crippen molar-refractivity contribution in [2.45, 2.75) is 24.8 Å². The number of anilines is 1. The second-order valence-corrected chi connectivity index (χ2v) is 9.36. The fraction of sp³-hybridized carbons (Fsp3) is 0.240. The molecule has 0 saturated carbocycles. The van der Waals surface area contributed by atoms with Gasteiger partial charge in [0.15, 0.2) is 0 Å². The zero-order valence-electron chi connectivity index (χ0n) is 19.1. The van der Waals surface area contributed by atoms with E-state index >= 15 is 0 Å². The summed E-state index contributed by atoms with van der Waals surface area (Å²) in [5.41, 5.74) is 1.93. The predicted molar refractivity (Wildman–Crippen MR) is 128 cm³/mol. The van der Waals surface area contributed by atoms with E-state index in [4.69, 9.17) is 9.47 Å². The molecule has 0 aliphatic carbocycles. The third-order valence-corrected chi connectivity index (χ3v) is 7.00. The first-order chi connectivity index (χ1) is 15.8. The van der Waals surface area contributed by atoms with E-state index < -0.39 is 22.5 Å². The number of nitrogens with zero attached hydrogens (tertiary/aromatic N) is 1. The summed E-state index contributed by atoms with van der Waals surface area (Å²) in [7, 11) is -1.13. The number of sulfonamides is 1. The van der Waals surface area contributed by atoms with E-state index in [1.165, 1.54) is 7.11 Å². The molecule has 8 heteroatoms. The molecule has 1 amide bonds. The molecular formula is C25H28N2O5S. The van der Waals surface area contributed by atoms with Crippen molar-refractivity contribution in [1.82, 2.24) is 5.32 Å². The Morgan fingerprint density at radius 2 is 1.58 bits per heavy atom. The van der Waals surface area contributed by atoms with Crippen LogP contribution in [0.3, 0.4) is 0 Å². The first-order valence-corrected chi connectivity index (χ1v) is 11.9. The number of aryl methyl sites for hydroxylation is 1. The first-order valence-electron chi connectivity index (χ1n) is 10.4. The molecule has 3 aromatic carbocycles. The lowest BCUT2D eigenvalue weighted by Gasteiger charge is -2.26. The molecule has 3 rings (SSSR count). The molecule has 0 saturated heterocycles. The lowest BCUT2D eigenvalue weighted by Crippen LogP contribution is -2.41. The minimum atomic E-state index is -4.10. The standard InChI is InChI=1S/C25H28N2O5S/c1-18-14-15-23(32-4)24(16-18)33(29,30)27(20-10-6-5-7-11-20)17-25(28)26-19(2)21-12-8-9-13-22(21)31-3/h5-16,19H,17H2,1-4H3,(H,26,28)/t19-/m1/s1. The van der Waals surface area contributed by atoms with Crippen LogP contribution in [-0.4, -0.2) is 35.1 Å². The van der Waals surface area contributed by atoms with Crippen molar-refractivity contribution in [2.75, 3.05) is 25.1 Å². The molecule has 0 aliphatic heterocycles. The Hall–Kier alpha value is -3.52. The molecule has 7 nitrogen and oxygen atoms in total. The van der Waals surface area contributed by atoms with E-state index in [1.54, 1.807) is 62.6 Å². The second kappa shape index (κ2) is 10.4. The van der Waals surface area contributed by atoms with Gasteiger partial charge in [0, 0.05) is 5.56 Å². The first kappa shape index (κ1) is 24.1. The van der Waals surface area contributed by atoms with Crippen LogP contribution in [0.4, 0.5) is 5.69 Å². The molecule has 0 spiro atoms. The second-order valence-electron chi connectivity index (χ2n) is 7.53. The number of hydrogen-bond acceptors (Lipinski definition) is 5. The molecular weight excluding hydrogens is 440 g/mol. The summed E-state index contributed by atoms with van der Waals surface area (Å²) in [6, 6.07) is 20.4. The van der Waals surface area contributed by atoms with Crippen LogP contribution in [0.5, 0.6) is 11.5 Å². The Balaban J connectivity index is 1.94. The maximum absolute atomic E-state index is 13.7. The summed E-state index contributed by atoms with van der Waals surface area (Å²) in [5.74, 6) is 0.402. The summed E-state index contributed by atoms with van der Waals surface area (Å²) in [6.07, 6.45) is 0. The van der Waals surface area contributed by atoms with Crippen molar-refractivity contribution in [1.29, 1.82) is 0 Å². The van der Waals surface area contributed by atoms with E-state index in [1.807, 2.05) is 31.2 Å². The van der Waals surface area contributed by atoms with E-state index in [0.717, 1.165) is 15.4 Å². The van der Waals surface area contributed by atoms with E-state index in [0.29, 0.717) is 11.4 Å². The zero-order chi connectivity index (χ0) is 24.0. The van der Waals surface area contributed by atoms with Crippen LogP contribution in [0.1, 0.15) is 24.1 Å². The molecule has 3 aromatic rings. The van der Waals surface area contributed by atoms with Crippen LogP contribution in [0, 0.1) is 6.92 Å². The van der Waals surface area contributed by atoms with Crippen LogP contribution in [0.15, 0.2) is 77.7 Å². The van der Waals surface area contributed by atoms with Crippen molar-refractivity contribution in [3.8, 4) is 11.5 Å². The molecule has 0 fully saturated rings. The van der Waals surface area contributed by atoms with Gasteiger partial charge >= 0.3 is 0 Å². The third-order valence-electron chi connectivity index (χ3n) is 5.20. The average Bonchev–Trinajstić information content (AvgIpc) is 2.82. The summed E-state index contributed by atoms with van der Waals surface area (Å²) >= 11 is 0. The van der Waals surface area contributed by atoms with E-state index in [9.17, 15) is 13.2 Å². The Morgan fingerprint density at radius 3 is 2.24 bits per heavy atom. The van der Waals surface area contributed by atoms with E-state index in [-0.39, 0.29) is 16.7 Å². The van der Waals surface area contributed by atoms with Crippen LogP contribution < -0.4 is 19.1 Å². The lowest BCUT2D eigenvalue weighted by atomic mass is 10.1. The van der Waals surface area contributed by atoms with Gasteiger partial charge in [-0.3, -0.25) is 9.10 Å². The number of carbonyl (C=O) groups is 1. The van der Waals surface area contributed by atoms with Crippen molar-refractivity contribution < 1.29 is 22.7 Å². The van der Waals surface area contributed by atoms with Gasteiger partial charge in [-0.2, -0.15) is 0 Å². The normalized spacial score (nSPS) is 12.0. The van der Waals surface area contributed by atoms with Gasteiger partial charge in [-0.15, -0.1) is 0 Å². The smallest absolute Gasteiger partial charge is 0.268 e. The predicted octanol–water partition coefficient (Wildman–Crippen LogP) is 4.08. The quantitative estimate of drug-likeness (QED) is 0.511. The Labute approximate surface area is 195 Å². The number of hydrogen-bond donors (Lipinski definition) is 1. The molecule has 1 N–H and O–H groups in total. The van der Waals surface area contributed by atoms with Gasteiger partial charge in [-0.25, -0.2) is 8.42 Å². The van der Waals surface area contributed by atoms with Gasteiger partial charge in [-0.05, 0) is 49.7 Å². The minimum absolute atomic E-state index is 0.000528. The molecule has 0 radical (unpaired) electrons. The summed E-state index contributed by atoms with van der Waals surface area (Å²) < 4.78 is 39.2. The number of para-hydroxylation sites is 2. The molecule has 0 aliphatic rings. The Bertz CT molecular complexity index is 1210. The molecule has 1 atom stereocenters. The van der Waals surface area contributed by atoms with Crippen LogP contribution >= 0.6 is 0 Å².